The molecular formula is C16H24N. The van der Waals surface area contributed by atoms with E-state index in [1.165, 1.54) is 5.56 Å². The molecule has 0 bridgehead atoms. The molecule has 0 atom stereocenters. The van der Waals surface area contributed by atoms with E-state index in [1.54, 1.807) is 0 Å². The van der Waals surface area contributed by atoms with Crippen molar-refractivity contribution < 1.29 is 0 Å². The van der Waals surface area contributed by atoms with Crippen LogP contribution in [-0.4, -0.2) is 11.4 Å². The van der Waals surface area contributed by atoms with Gasteiger partial charge in [0.05, 0.1) is 0 Å². The standard InChI is InChI=1S/C16H24N/c1-5-6-12-17(14-16(2,3)4)13-15-10-8-7-9-11-15/h5,7-11,14H,1,6,12-13H2,2-4H3. The Balaban J connectivity index is 2.60. The molecule has 0 unspecified atom stereocenters. The van der Waals surface area contributed by atoms with Crippen molar-refractivity contribution in [3.63, 3.8) is 0 Å². The Bertz CT molecular complexity index is 321. The van der Waals surface area contributed by atoms with Crippen molar-refractivity contribution in [1.29, 1.82) is 0 Å². The number of hydrogen-bond donors (Lipinski definition) is 0. The quantitative estimate of drug-likeness (QED) is 0.660. The van der Waals surface area contributed by atoms with Crippen LogP contribution in [0.5, 0.6) is 0 Å². The normalized spacial score (nSPS) is 11.8. The van der Waals surface area contributed by atoms with E-state index in [9.17, 15) is 0 Å². The molecular weight excluding hydrogens is 206 g/mol. The van der Waals surface area contributed by atoms with Crippen molar-refractivity contribution >= 4 is 0 Å². The molecule has 0 aromatic heterocycles. The van der Waals surface area contributed by atoms with Crippen LogP contribution in [0.15, 0.2) is 43.0 Å². The summed E-state index contributed by atoms with van der Waals surface area (Å²) in [6.45, 7) is 14.8. The maximum absolute atomic E-state index is 3.80. The van der Waals surface area contributed by atoms with E-state index in [1.807, 2.05) is 6.08 Å². The highest BCUT2D eigenvalue weighted by Gasteiger charge is 2.16. The fourth-order valence-electron chi connectivity index (χ4n) is 1.81. The molecule has 0 heterocycles. The Labute approximate surface area is 106 Å². The summed E-state index contributed by atoms with van der Waals surface area (Å²) in [5.41, 5.74) is 1.58. The second kappa shape index (κ2) is 6.61. The molecule has 0 aliphatic carbocycles. The van der Waals surface area contributed by atoms with Gasteiger partial charge in [-0.05, 0) is 17.4 Å². The topological polar surface area (TPSA) is 3.24 Å². The molecule has 1 aromatic rings. The molecule has 0 fully saturated rings. The fraction of sp³-hybridized carbons (Fsp3) is 0.438. The molecule has 1 aromatic carbocycles. The minimum absolute atomic E-state index is 0.218. The number of rotatable bonds is 6. The monoisotopic (exact) mass is 230 g/mol. The van der Waals surface area contributed by atoms with Crippen LogP contribution in [0.3, 0.4) is 0 Å². The van der Waals surface area contributed by atoms with E-state index >= 15 is 0 Å². The molecule has 1 rings (SSSR count). The first-order valence-electron chi connectivity index (χ1n) is 6.26. The highest BCUT2D eigenvalue weighted by molar-refractivity contribution is 5.14. The third-order valence-electron chi connectivity index (χ3n) is 2.42. The first-order valence-corrected chi connectivity index (χ1v) is 6.26. The van der Waals surface area contributed by atoms with Crippen LogP contribution in [0.25, 0.3) is 0 Å². The SMILES string of the molecule is C=CCCN([CH]C(C)(C)C)Cc1ccccc1. The van der Waals surface area contributed by atoms with E-state index in [4.69, 9.17) is 0 Å². The third-order valence-corrected chi connectivity index (χ3v) is 2.42. The zero-order chi connectivity index (χ0) is 12.7. The lowest BCUT2D eigenvalue weighted by Crippen LogP contribution is -2.28. The van der Waals surface area contributed by atoms with Crippen molar-refractivity contribution in [1.82, 2.24) is 4.90 Å². The lowest BCUT2D eigenvalue weighted by atomic mass is 9.95. The maximum atomic E-state index is 3.80. The molecule has 17 heavy (non-hydrogen) atoms. The van der Waals surface area contributed by atoms with Gasteiger partial charge in [0, 0.05) is 19.6 Å². The van der Waals surface area contributed by atoms with Crippen molar-refractivity contribution in [3.05, 3.63) is 55.1 Å². The molecule has 0 amide bonds. The first-order chi connectivity index (χ1) is 8.01. The van der Waals surface area contributed by atoms with Crippen LogP contribution in [0.2, 0.25) is 0 Å². The fourth-order valence-corrected chi connectivity index (χ4v) is 1.81. The van der Waals surface area contributed by atoms with Crippen molar-refractivity contribution in [3.8, 4) is 0 Å². The zero-order valence-corrected chi connectivity index (χ0v) is 11.3. The summed E-state index contributed by atoms with van der Waals surface area (Å²) in [5, 5.41) is 0. The molecule has 0 aliphatic rings. The van der Waals surface area contributed by atoms with E-state index < -0.39 is 0 Å². The molecule has 1 nitrogen and oxygen atoms in total. The summed E-state index contributed by atoms with van der Waals surface area (Å²) in [7, 11) is 0. The van der Waals surface area contributed by atoms with Crippen LogP contribution in [0.4, 0.5) is 0 Å². The van der Waals surface area contributed by atoms with Gasteiger partial charge < -0.3 is 0 Å². The van der Waals surface area contributed by atoms with Gasteiger partial charge in [-0.2, -0.15) is 0 Å². The molecule has 0 saturated carbocycles. The Hall–Kier alpha value is -1.08. The predicted octanol–water partition coefficient (Wildman–Crippen LogP) is 4.27. The molecule has 0 spiro atoms. The van der Waals surface area contributed by atoms with Crippen LogP contribution in [-0.2, 0) is 6.54 Å². The number of hydrogen-bond acceptors (Lipinski definition) is 1. The lowest BCUT2D eigenvalue weighted by Gasteiger charge is -2.29. The summed E-state index contributed by atoms with van der Waals surface area (Å²) < 4.78 is 0. The van der Waals surface area contributed by atoms with Gasteiger partial charge in [-0.1, -0.05) is 57.2 Å². The Morgan fingerprint density at radius 3 is 2.35 bits per heavy atom. The van der Waals surface area contributed by atoms with Crippen molar-refractivity contribution in [2.45, 2.75) is 33.7 Å². The van der Waals surface area contributed by atoms with Gasteiger partial charge in [-0.25, -0.2) is 0 Å². The number of nitrogens with zero attached hydrogens (tertiary/aromatic N) is 1. The van der Waals surface area contributed by atoms with Gasteiger partial charge in [0.2, 0.25) is 0 Å². The second-order valence-electron chi connectivity index (χ2n) is 5.53. The lowest BCUT2D eigenvalue weighted by molar-refractivity contribution is 0.253. The predicted molar refractivity (Wildman–Crippen MR) is 75.4 cm³/mol. The first kappa shape index (κ1) is 14.0. The molecule has 93 valence electrons. The molecule has 1 radical (unpaired) electrons. The van der Waals surface area contributed by atoms with E-state index in [0.29, 0.717) is 0 Å². The molecule has 0 N–H and O–H groups in total. The van der Waals surface area contributed by atoms with E-state index in [-0.39, 0.29) is 5.41 Å². The van der Waals surface area contributed by atoms with Gasteiger partial charge in [0.1, 0.15) is 0 Å². The summed E-state index contributed by atoms with van der Waals surface area (Å²) >= 11 is 0. The second-order valence-corrected chi connectivity index (χ2v) is 5.53. The average Bonchev–Trinajstić information content (AvgIpc) is 2.25. The highest BCUT2D eigenvalue weighted by atomic mass is 15.1. The minimum atomic E-state index is 0.218. The Morgan fingerprint density at radius 1 is 1.18 bits per heavy atom. The van der Waals surface area contributed by atoms with Gasteiger partial charge in [-0.3, -0.25) is 4.90 Å². The van der Waals surface area contributed by atoms with Crippen LogP contribution >= 0.6 is 0 Å². The van der Waals surface area contributed by atoms with Gasteiger partial charge in [0.25, 0.3) is 0 Å². The van der Waals surface area contributed by atoms with Crippen LogP contribution in [0, 0.1) is 12.0 Å². The largest absolute Gasteiger partial charge is 0.294 e. The minimum Gasteiger partial charge on any atom is -0.294 e. The number of benzene rings is 1. The van der Waals surface area contributed by atoms with Gasteiger partial charge in [0.15, 0.2) is 0 Å². The highest BCUT2D eigenvalue weighted by Crippen LogP contribution is 2.21. The van der Waals surface area contributed by atoms with Crippen LogP contribution in [0.1, 0.15) is 32.8 Å². The molecule has 0 saturated heterocycles. The summed E-state index contributed by atoms with van der Waals surface area (Å²) in [4.78, 5) is 2.39. The van der Waals surface area contributed by atoms with Gasteiger partial charge in [-0.15, -0.1) is 6.58 Å². The third kappa shape index (κ3) is 6.28. The zero-order valence-electron chi connectivity index (χ0n) is 11.3. The van der Waals surface area contributed by atoms with Crippen LogP contribution < -0.4 is 0 Å². The van der Waals surface area contributed by atoms with Crippen molar-refractivity contribution in [2.24, 2.45) is 5.41 Å². The summed E-state index contributed by atoms with van der Waals surface area (Å²) in [6, 6.07) is 10.6. The smallest absolute Gasteiger partial charge is 0.0308 e. The van der Waals surface area contributed by atoms with E-state index in [0.717, 1.165) is 19.5 Å². The molecule has 0 aliphatic heterocycles. The Morgan fingerprint density at radius 2 is 1.82 bits per heavy atom. The summed E-state index contributed by atoms with van der Waals surface area (Å²) in [5.74, 6) is 0. The van der Waals surface area contributed by atoms with Gasteiger partial charge >= 0.3 is 0 Å². The average molecular weight is 230 g/mol. The summed E-state index contributed by atoms with van der Waals surface area (Å²) in [6.07, 6.45) is 3.01. The maximum Gasteiger partial charge on any atom is 0.0308 e. The van der Waals surface area contributed by atoms with E-state index in [2.05, 4.69) is 69.1 Å². The van der Waals surface area contributed by atoms with Crippen molar-refractivity contribution in [2.75, 3.05) is 6.54 Å². The molecule has 1 heteroatoms. The Kier molecular flexibility index (Phi) is 5.43.